The maximum atomic E-state index is 12.6. The van der Waals surface area contributed by atoms with Gasteiger partial charge in [-0.3, -0.25) is 9.59 Å². The molecule has 12 nitrogen and oxygen atoms in total. The lowest BCUT2D eigenvalue weighted by molar-refractivity contribution is -0.149. The van der Waals surface area contributed by atoms with Gasteiger partial charge >= 0.3 is 24.1 Å². The molecule has 41 heavy (non-hydrogen) atoms. The number of carbonyl (C=O) groups excluding carboxylic acids is 4. The van der Waals surface area contributed by atoms with Crippen LogP contribution in [0.2, 0.25) is 0 Å². The molecule has 2 aromatic carbocycles. The molecule has 2 rings (SSSR count). The average molecular weight is 574 g/mol. The molecule has 0 heterocycles. The Bertz CT molecular complexity index is 1140. The van der Waals surface area contributed by atoms with E-state index < -0.39 is 53.8 Å². The van der Waals surface area contributed by atoms with Gasteiger partial charge in [0.05, 0.1) is 0 Å². The second-order valence-corrected chi connectivity index (χ2v) is 10.6. The minimum absolute atomic E-state index is 0.0923. The van der Waals surface area contributed by atoms with Gasteiger partial charge in [-0.2, -0.15) is 0 Å². The van der Waals surface area contributed by atoms with Gasteiger partial charge in [0.15, 0.2) is 6.04 Å². The van der Waals surface area contributed by atoms with Crippen LogP contribution in [0.1, 0.15) is 58.7 Å². The van der Waals surface area contributed by atoms with Crippen LogP contribution >= 0.6 is 0 Å². The fourth-order valence-electron chi connectivity index (χ4n) is 2.88. The molecule has 224 valence electrons. The third-order valence-corrected chi connectivity index (χ3v) is 4.47. The molecule has 12 heteroatoms. The predicted octanol–water partition coefficient (Wildman–Crippen LogP) is 3.71. The van der Waals surface area contributed by atoms with Crippen LogP contribution in [0.4, 0.5) is 9.59 Å². The molecule has 0 aliphatic carbocycles. The summed E-state index contributed by atoms with van der Waals surface area (Å²) in [7, 11) is 0. The van der Waals surface area contributed by atoms with Crippen LogP contribution in [-0.2, 0) is 35.2 Å². The van der Waals surface area contributed by atoms with Crippen LogP contribution in [0, 0.1) is 0 Å². The van der Waals surface area contributed by atoms with E-state index in [1.54, 1.807) is 65.8 Å². The van der Waals surface area contributed by atoms with Crippen molar-refractivity contribution >= 4 is 30.0 Å². The lowest BCUT2D eigenvalue weighted by Gasteiger charge is -2.20. The van der Waals surface area contributed by atoms with Gasteiger partial charge in [-0.05, 0) is 52.7 Å². The maximum absolute atomic E-state index is 12.6. The number of hydrogen-bond donors (Lipinski definition) is 4. The summed E-state index contributed by atoms with van der Waals surface area (Å²) in [6.45, 7) is 9.62. The largest absolute Gasteiger partial charge is 0.480 e. The molecular formula is C29H39N3O9. The number of aliphatic carboxylic acids is 1. The van der Waals surface area contributed by atoms with Gasteiger partial charge in [0.1, 0.15) is 30.9 Å². The molecule has 0 aliphatic rings. The number of carbonyl (C=O) groups is 5. The standard InChI is InChI=1S/C22H26N2O5.C7H13NO4/c1-22(2,3)29-21(27)23-14-18(25)24-19(17-12-8-5-9-13-17)20(26)28-15-16-10-6-4-7-11-16;1-7(2,3)12-6(11)8-4-5(9)10/h4-13,19H,14-15H2,1-3H3,(H,23,27)(H,24,25);4H2,1-3H3,(H,8,11)(H,9,10)/t19-;/m0./s1. The van der Waals surface area contributed by atoms with Crippen molar-refractivity contribution in [1.82, 2.24) is 16.0 Å². The number of nitrogens with one attached hydrogen (secondary N) is 3. The van der Waals surface area contributed by atoms with Crippen LogP contribution in [0.15, 0.2) is 60.7 Å². The van der Waals surface area contributed by atoms with Gasteiger partial charge in [-0.15, -0.1) is 0 Å². The Hall–Kier alpha value is -4.61. The summed E-state index contributed by atoms with van der Waals surface area (Å²) < 4.78 is 15.2. The van der Waals surface area contributed by atoms with Gasteiger partial charge < -0.3 is 35.3 Å². The molecule has 0 saturated heterocycles. The Balaban J connectivity index is 0.000000590. The van der Waals surface area contributed by atoms with Crippen LogP contribution < -0.4 is 16.0 Å². The van der Waals surface area contributed by atoms with Crippen molar-refractivity contribution in [1.29, 1.82) is 0 Å². The van der Waals surface area contributed by atoms with Gasteiger partial charge in [0.25, 0.3) is 0 Å². The molecule has 0 saturated carbocycles. The lowest BCUT2D eigenvalue weighted by atomic mass is 10.1. The van der Waals surface area contributed by atoms with Crippen molar-refractivity contribution in [3.05, 3.63) is 71.8 Å². The summed E-state index contributed by atoms with van der Waals surface area (Å²) >= 11 is 0. The quantitative estimate of drug-likeness (QED) is 0.258. The van der Waals surface area contributed by atoms with E-state index in [0.29, 0.717) is 5.56 Å². The van der Waals surface area contributed by atoms with Crippen molar-refractivity contribution < 1.29 is 43.3 Å². The normalized spacial score (nSPS) is 11.5. The highest BCUT2D eigenvalue weighted by molar-refractivity contribution is 5.88. The number of esters is 1. The fourth-order valence-corrected chi connectivity index (χ4v) is 2.88. The van der Waals surface area contributed by atoms with E-state index in [1.165, 1.54) is 0 Å². The topological polar surface area (TPSA) is 169 Å². The monoisotopic (exact) mass is 573 g/mol. The molecule has 0 aromatic heterocycles. The van der Waals surface area contributed by atoms with Crippen molar-refractivity contribution in [3.8, 4) is 0 Å². The Morgan fingerprint density at radius 3 is 1.66 bits per heavy atom. The molecule has 4 N–H and O–H groups in total. The van der Waals surface area contributed by atoms with E-state index in [2.05, 4.69) is 16.0 Å². The predicted molar refractivity (Wildman–Crippen MR) is 150 cm³/mol. The summed E-state index contributed by atoms with van der Waals surface area (Å²) in [4.78, 5) is 57.4. The number of carboxylic acids is 1. The first kappa shape index (κ1) is 34.4. The highest BCUT2D eigenvalue weighted by Gasteiger charge is 2.25. The number of carboxylic acid groups (broad SMARTS) is 1. The first-order chi connectivity index (χ1) is 19.1. The van der Waals surface area contributed by atoms with Crippen molar-refractivity contribution in [2.75, 3.05) is 13.1 Å². The summed E-state index contributed by atoms with van der Waals surface area (Å²) in [5.74, 6) is -2.23. The summed E-state index contributed by atoms with van der Waals surface area (Å²) in [6, 6.07) is 17.0. The van der Waals surface area contributed by atoms with Crippen LogP contribution in [0.5, 0.6) is 0 Å². The first-order valence-electron chi connectivity index (χ1n) is 12.8. The van der Waals surface area contributed by atoms with Crippen molar-refractivity contribution in [3.63, 3.8) is 0 Å². The summed E-state index contributed by atoms with van der Waals surface area (Å²) in [6.07, 6.45) is -1.43. The smallest absolute Gasteiger partial charge is 0.408 e. The minimum atomic E-state index is -1.10. The number of ether oxygens (including phenoxy) is 3. The molecule has 0 fully saturated rings. The Labute approximate surface area is 239 Å². The minimum Gasteiger partial charge on any atom is -0.480 e. The summed E-state index contributed by atoms with van der Waals surface area (Å²) in [5.41, 5.74) is 0.151. The van der Waals surface area contributed by atoms with Crippen LogP contribution in [0.3, 0.4) is 0 Å². The Morgan fingerprint density at radius 1 is 0.732 bits per heavy atom. The molecule has 0 radical (unpaired) electrons. The van der Waals surface area contributed by atoms with Gasteiger partial charge in [0.2, 0.25) is 5.91 Å². The fraction of sp³-hybridized carbons (Fsp3) is 0.414. The summed E-state index contributed by atoms with van der Waals surface area (Å²) in [5, 5.41) is 15.2. The zero-order valence-electron chi connectivity index (χ0n) is 24.2. The molecule has 0 aliphatic heterocycles. The second kappa shape index (κ2) is 16.5. The SMILES string of the molecule is CC(C)(C)OC(=O)NCC(=O)N[C@H](C(=O)OCc1ccccc1)c1ccccc1.CC(C)(C)OC(=O)NCC(=O)O. The first-order valence-corrected chi connectivity index (χ1v) is 12.8. The van der Waals surface area contributed by atoms with E-state index in [-0.39, 0.29) is 13.2 Å². The third kappa shape index (κ3) is 16.9. The zero-order chi connectivity index (χ0) is 31.1. The van der Waals surface area contributed by atoms with Gasteiger partial charge in [-0.1, -0.05) is 60.7 Å². The van der Waals surface area contributed by atoms with Crippen molar-refractivity contribution in [2.45, 2.75) is 65.4 Å². The molecule has 0 spiro atoms. The maximum Gasteiger partial charge on any atom is 0.408 e. The van der Waals surface area contributed by atoms with E-state index >= 15 is 0 Å². The van der Waals surface area contributed by atoms with Gasteiger partial charge in [0, 0.05) is 0 Å². The van der Waals surface area contributed by atoms with Crippen LogP contribution in [-0.4, -0.2) is 59.4 Å². The van der Waals surface area contributed by atoms with E-state index in [1.807, 2.05) is 36.4 Å². The number of rotatable bonds is 9. The molecule has 0 bridgehead atoms. The number of benzene rings is 2. The molecule has 2 aromatic rings. The van der Waals surface area contributed by atoms with Crippen LogP contribution in [0.25, 0.3) is 0 Å². The highest BCUT2D eigenvalue weighted by atomic mass is 16.6. The zero-order valence-corrected chi connectivity index (χ0v) is 24.2. The third-order valence-electron chi connectivity index (χ3n) is 4.47. The number of hydrogen-bond acceptors (Lipinski definition) is 8. The number of amides is 3. The van der Waals surface area contributed by atoms with E-state index in [4.69, 9.17) is 19.3 Å². The molecule has 0 unspecified atom stereocenters. The van der Waals surface area contributed by atoms with E-state index in [9.17, 15) is 24.0 Å². The second-order valence-electron chi connectivity index (χ2n) is 10.6. The highest BCUT2D eigenvalue weighted by Crippen LogP contribution is 2.16. The molecule has 3 amide bonds. The lowest BCUT2D eigenvalue weighted by Crippen LogP contribution is -2.42. The Morgan fingerprint density at radius 2 is 1.20 bits per heavy atom. The molecular weight excluding hydrogens is 534 g/mol. The number of alkyl carbamates (subject to hydrolysis) is 2. The molecule has 1 atom stereocenters. The average Bonchev–Trinajstić information content (AvgIpc) is 2.87. The van der Waals surface area contributed by atoms with E-state index in [0.717, 1.165) is 5.56 Å². The van der Waals surface area contributed by atoms with Gasteiger partial charge in [-0.25, -0.2) is 14.4 Å². The Kier molecular flexibility index (Phi) is 13.8. The van der Waals surface area contributed by atoms with Crippen molar-refractivity contribution in [2.24, 2.45) is 0 Å².